The molecule has 3 aliphatic rings. The maximum atomic E-state index is 12.8. The summed E-state index contributed by atoms with van der Waals surface area (Å²) in [5.74, 6) is -0.0423. The molecule has 1 aromatic rings. The molecular weight excluding hydrogens is 350 g/mol. The minimum absolute atomic E-state index is 0.355. The zero-order chi connectivity index (χ0) is 19.4. The molecule has 3 aliphatic heterocycles. The van der Waals surface area contributed by atoms with Crippen LogP contribution in [-0.2, 0) is 25.5 Å². The van der Waals surface area contributed by atoms with Crippen molar-refractivity contribution in [2.24, 2.45) is 0 Å². The van der Waals surface area contributed by atoms with Crippen molar-refractivity contribution in [1.82, 2.24) is 4.90 Å². The SMILES string of the molecule is C=C[C@H]1O[C@@H]2OC(C)(C)O[C@@H]2[C@]12[C@@H](C)OC(=O)N2Cc1ccc(OC)cc1. The van der Waals surface area contributed by atoms with E-state index in [4.69, 9.17) is 23.7 Å². The van der Waals surface area contributed by atoms with Crippen LogP contribution in [0.15, 0.2) is 36.9 Å². The fourth-order valence-electron chi connectivity index (χ4n) is 4.37. The molecule has 1 spiro atoms. The van der Waals surface area contributed by atoms with E-state index in [-0.39, 0.29) is 0 Å². The highest BCUT2D eigenvalue weighted by atomic mass is 16.8. The Morgan fingerprint density at radius 3 is 2.59 bits per heavy atom. The molecular formula is C20H25NO6. The first kappa shape index (κ1) is 18.3. The topological polar surface area (TPSA) is 66.5 Å². The van der Waals surface area contributed by atoms with E-state index < -0.39 is 42.0 Å². The monoisotopic (exact) mass is 375 g/mol. The lowest BCUT2D eigenvalue weighted by atomic mass is 9.82. The summed E-state index contributed by atoms with van der Waals surface area (Å²) in [6, 6.07) is 7.58. The van der Waals surface area contributed by atoms with Crippen LogP contribution >= 0.6 is 0 Å². The molecule has 1 aromatic carbocycles. The Balaban J connectivity index is 1.72. The van der Waals surface area contributed by atoms with E-state index in [0.29, 0.717) is 6.54 Å². The highest BCUT2D eigenvalue weighted by molar-refractivity contribution is 5.73. The average molecular weight is 375 g/mol. The molecule has 3 heterocycles. The Labute approximate surface area is 158 Å². The number of hydrogen-bond donors (Lipinski definition) is 0. The zero-order valence-corrected chi connectivity index (χ0v) is 16.0. The molecule has 3 fully saturated rings. The Hall–Kier alpha value is -2.09. The number of nitrogens with zero attached hydrogens (tertiary/aromatic N) is 1. The van der Waals surface area contributed by atoms with E-state index in [9.17, 15) is 4.79 Å². The molecule has 0 bridgehead atoms. The summed E-state index contributed by atoms with van der Waals surface area (Å²) in [7, 11) is 1.62. The van der Waals surface area contributed by atoms with Crippen molar-refractivity contribution in [3.05, 3.63) is 42.5 Å². The maximum Gasteiger partial charge on any atom is 0.411 e. The molecule has 0 saturated carbocycles. The predicted molar refractivity (Wildman–Crippen MR) is 96.1 cm³/mol. The number of benzene rings is 1. The molecule has 0 N–H and O–H groups in total. The molecule has 0 radical (unpaired) electrons. The van der Waals surface area contributed by atoms with Gasteiger partial charge in [0.1, 0.15) is 29.6 Å². The van der Waals surface area contributed by atoms with E-state index in [0.717, 1.165) is 11.3 Å². The van der Waals surface area contributed by atoms with Gasteiger partial charge in [0.2, 0.25) is 0 Å². The van der Waals surface area contributed by atoms with Gasteiger partial charge in [-0.15, -0.1) is 6.58 Å². The number of ether oxygens (including phenoxy) is 5. The van der Waals surface area contributed by atoms with E-state index in [2.05, 4.69) is 6.58 Å². The largest absolute Gasteiger partial charge is 0.497 e. The Kier molecular flexibility index (Phi) is 4.21. The van der Waals surface area contributed by atoms with Gasteiger partial charge in [0.05, 0.1) is 7.11 Å². The molecule has 5 atom stereocenters. The van der Waals surface area contributed by atoms with Gasteiger partial charge < -0.3 is 23.7 Å². The molecule has 7 nitrogen and oxygen atoms in total. The van der Waals surface area contributed by atoms with Crippen molar-refractivity contribution in [3.63, 3.8) is 0 Å². The van der Waals surface area contributed by atoms with Gasteiger partial charge in [-0.3, -0.25) is 4.90 Å². The van der Waals surface area contributed by atoms with Crippen molar-refractivity contribution < 1.29 is 28.5 Å². The normalized spacial score (nSPS) is 36.7. The molecule has 7 heteroatoms. The summed E-state index contributed by atoms with van der Waals surface area (Å²) >= 11 is 0. The van der Waals surface area contributed by atoms with Crippen LogP contribution in [0.25, 0.3) is 0 Å². The molecule has 4 rings (SSSR count). The summed E-state index contributed by atoms with van der Waals surface area (Å²) in [5, 5.41) is 0. The number of rotatable bonds is 4. The second-order valence-electron chi connectivity index (χ2n) is 7.56. The molecule has 0 aromatic heterocycles. The van der Waals surface area contributed by atoms with Gasteiger partial charge in [0, 0.05) is 6.54 Å². The van der Waals surface area contributed by atoms with Crippen molar-refractivity contribution >= 4 is 6.09 Å². The summed E-state index contributed by atoms with van der Waals surface area (Å²) in [6.07, 6.45) is -0.685. The first-order valence-corrected chi connectivity index (χ1v) is 9.06. The molecule has 0 unspecified atom stereocenters. The highest BCUT2D eigenvalue weighted by Gasteiger charge is 2.72. The molecule has 146 valence electrons. The third kappa shape index (κ3) is 2.64. The number of hydrogen-bond acceptors (Lipinski definition) is 6. The second-order valence-corrected chi connectivity index (χ2v) is 7.56. The molecule has 0 aliphatic carbocycles. The Morgan fingerprint density at radius 2 is 1.96 bits per heavy atom. The maximum absolute atomic E-state index is 12.8. The lowest BCUT2D eigenvalue weighted by Gasteiger charge is -2.40. The van der Waals surface area contributed by atoms with Crippen molar-refractivity contribution in [2.75, 3.05) is 7.11 Å². The van der Waals surface area contributed by atoms with E-state index in [1.165, 1.54) is 0 Å². The summed E-state index contributed by atoms with van der Waals surface area (Å²) in [6.45, 7) is 9.79. The number of carbonyl (C=O) groups is 1. The average Bonchev–Trinajstić information content (AvgIpc) is 3.18. The minimum Gasteiger partial charge on any atom is -0.497 e. The van der Waals surface area contributed by atoms with E-state index in [1.54, 1.807) is 18.1 Å². The van der Waals surface area contributed by atoms with E-state index in [1.807, 2.05) is 45.0 Å². The summed E-state index contributed by atoms with van der Waals surface area (Å²) in [5.41, 5.74) is 0.0997. The second kappa shape index (κ2) is 6.22. The number of fused-ring (bicyclic) bond motifs is 2. The van der Waals surface area contributed by atoms with Gasteiger partial charge in [-0.05, 0) is 38.5 Å². The van der Waals surface area contributed by atoms with Crippen LogP contribution in [0, 0.1) is 0 Å². The van der Waals surface area contributed by atoms with Gasteiger partial charge in [-0.2, -0.15) is 0 Å². The van der Waals surface area contributed by atoms with Gasteiger partial charge in [0.25, 0.3) is 0 Å². The third-order valence-electron chi connectivity index (χ3n) is 5.58. The van der Waals surface area contributed by atoms with Crippen molar-refractivity contribution in [1.29, 1.82) is 0 Å². The number of carbonyl (C=O) groups excluding carboxylic acids is 1. The summed E-state index contributed by atoms with van der Waals surface area (Å²) in [4.78, 5) is 14.5. The number of amides is 1. The fourth-order valence-corrected chi connectivity index (χ4v) is 4.37. The molecule has 3 saturated heterocycles. The van der Waals surface area contributed by atoms with Crippen LogP contribution in [0.4, 0.5) is 4.79 Å². The van der Waals surface area contributed by atoms with Crippen LogP contribution in [-0.4, -0.2) is 54.0 Å². The quantitative estimate of drug-likeness (QED) is 0.754. The van der Waals surface area contributed by atoms with Crippen LogP contribution in [0.5, 0.6) is 5.75 Å². The lowest BCUT2D eigenvalue weighted by Crippen LogP contribution is -2.62. The first-order chi connectivity index (χ1) is 12.8. The standard InChI is InChI=1S/C20H25NO6/c1-6-15-20(16-17(25-15)27-19(3,4)26-16)12(2)24-18(22)21(20)11-13-7-9-14(23-5)10-8-13/h6-10,12,15-17H,1,11H2,2-5H3/t12-,15-,16+,17-,20+/m1/s1. The van der Waals surface area contributed by atoms with Crippen LogP contribution < -0.4 is 4.74 Å². The van der Waals surface area contributed by atoms with Crippen molar-refractivity contribution in [3.8, 4) is 5.75 Å². The highest BCUT2D eigenvalue weighted by Crippen LogP contribution is 2.51. The van der Waals surface area contributed by atoms with Crippen molar-refractivity contribution in [2.45, 2.75) is 63.2 Å². The van der Waals surface area contributed by atoms with Gasteiger partial charge >= 0.3 is 6.09 Å². The molecule has 1 amide bonds. The van der Waals surface area contributed by atoms with Crippen LogP contribution in [0.3, 0.4) is 0 Å². The number of methoxy groups -OCH3 is 1. The van der Waals surface area contributed by atoms with Crippen LogP contribution in [0.2, 0.25) is 0 Å². The van der Waals surface area contributed by atoms with E-state index >= 15 is 0 Å². The Morgan fingerprint density at radius 1 is 1.26 bits per heavy atom. The van der Waals surface area contributed by atoms with Gasteiger partial charge in [-0.1, -0.05) is 18.2 Å². The smallest absolute Gasteiger partial charge is 0.411 e. The molecule has 27 heavy (non-hydrogen) atoms. The zero-order valence-electron chi connectivity index (χ0n) is 16.0. The first-order valence-electron chi connectivity index (χ1n) is 9.06. The van der Waals surface area contributed by atoms with Crippen LogP contribution in [0.1, 0.15) is 26.3 Å². The van der Waals surface area contributed by atoms with Gasteiger partial charge in [-0.25, -0.2) is 4.79 Å². The minimum atomic E-state index is -0.850. The summed E-state index contributed by atoms with van der Waals surface area (Å²) < 4.78 is 29.0. The Bertz CT molecular complexity index is 747. The lowest BCUT2D eigenvalue weighted by molar-refractivity contribution is -0.214. The number of cyclic esters (lactones) is 1. The fraction of sp³-hybridized carbons (Fsp3) is 0.550. The predicted octanol–water partition coefficient (Wildman–Crippen LogP) is 2.84. The third-order valence-corrected chi connectivity index (χ3v) is 5.58. The van der Waals surface area contributed by atoms with Gasteiger partial charge in [0.15, 0.2) is 12.1 Å².